The Bertz CT molecular complexity index is 391. The molecule has 0 aliphatic rings. The second kappa shape index (κ2) is 3.82. The molecule has 2 N–H and O–H groups in total. The summed E-state index contributed by atoms with van der Waals surface area (Å²) in [6.45, 7) is 0. The van der Waals surface area contributed by atoms with Crippen LogP contribution in [0.5, 0.6) is 0 Å². The highest BCUT2D eigenvalue weighted by molar-refractivity contribution is 7.89. The molecule has 0 amide bonds. The molecule has 72 valence electrons. The molecule has 0 heterocycles. The van der Waals surface area contributed by atoms with E-state index < -0.39 is 15.8 Å². The smallest absolute Gasteiger partial charge is 0.247 e. The van der Waals surface area contributed by atoms with E-state index in [9.17, 15) is 12.8 Å². The van der Waals surface area contributed by atoms with E-state index in [-0.39, 0.29) is 4.90 Å². The van der Waals surface area contributed by atoms with Gasteiger partial charge in [0, 0.05) is 0 Å². The topological polar surface area (TPSA) is 58.2 Å². The Kier molecular flexibility index (Phi) is 2.97. The van der Waals surface area contributed by atoms with Crippen LogP contribution in [0.25, 0.3) is 0 Å². The standard InChI is InChI=1S/C7H9FN2O2S/c1-9-10-13(11,12)7-5-3-2-4-6(7)8/h2-5,9-10H,1H3. The van der Waals surface area contributed by atoms with E-state index in [4.69, 9.17) is 0 Å². The lowest BCUT2D eigenvalue weighted by Crippen LogP contribution is -2.34. The van der Waals surface area contributed by atoms with Crippen LogP contribution in [0, 0.1) is 5.82 Å². The highest BCUT2D eigenvalue weighted by atomic mass is 32.2. The fraction of sp³-hybridized carbons (Fsp3) is 0.143. The van der Waals surface area contributed by atoms with Gasteiger partial charge in [0.2, 0.25) is 0 Å². The summed E-state index contributed by atoms with van der Waals surface area (Å²) in [6.07, 6.45) is 0. The lowest BCUT2D eigenvalue weighted by Gasteiger charge is -2.04. The molecular weight excluding hydrogens is 195 g/mol. The van der Waals surface area contributed by atoms with Crippen LogP contribution in [0.1, 0.15) is 0 Å². The van der Waals surface area contributed by atoms with E-state index in [1.165, 1.54) is 25.2 Å². The molecule has 0 bridgehead atoms. The van der Waals surface area contributed by atoms with Gasteiger partial charge in [-0.25, -0.2) is 18.2 Å². The van der Waals surface area contributed by atoms with Crippen LogP contribution in [0.2, 0.25) is 0 Å². The number of nitrogens with one attached hydrogen (secondary N) is 2. The second-order valence-electron chi connectivity index (χ2n) is 2.29. The average Bonchev–Trinajstić information content (AvgIpc) is 2.04. The van der Waals surface area contributed by atoms with Crippen molar-refractivity contribution in [1.82, 2.24) is 10.3 Å². The maximum atomic E-state index is 13.0. The number of halogens is 1. The fourth-order valence-electron chi connectivity index (χ4n) is 0.852. The minimum atomic E-state index is -3.78. The zero-order chi connectivity index (χ0) is 9.90. The van der Waals surface area contributed by atoms with Crippen molar-refractivity contribution in [2.24, 2.45) is 0 Å². The lowest BCUT2D eigenvalue weighted by atomic mass is 10.4. The van der Waals surface area contributed by atoms with Crippen molar-refractivity contribution in [3.05, 3.63) is 30.1 Å². The lowest BCUT2D eigenvalue weighted by molar-refractivity contribution is 0.549. The Hall–Kier alpha value is -0.980. The number of benzene rings is 1. The SMILES string of the molecule is CNNS(=O)(=O)c1ccccc1F. The molecule has 0 aliphatic heterocycles. The minimum Gasteiger partial charge on any atom is -0.247 e. The van der Waals surface area contributed by atoms with Gasteiger partial charge in [-0.3, -0.25) is 0 Å². The van der Waals surface area contributed by atoms with Gasteiger partial charge in [-0.2, -0.15) is 0 Å². The first-order valence-corrected chi connectivity index (χ1v) is 4.99. The van der Waals surface area contributed by atoms with E-state index in [1.807, 2.05) is 4.83 Å². The molecule has 0 aromatic heterocycles. The van der Waals surface area contributed by atoms with Crippen LogP contribution in [0.3, 0.4) is 0 Å². The first kappa shape index (κ1) is 10.1. The van der Waals surface area contributed by atoms with E-state index >= 15 is 0 Å². The van der Waals surface area contributed by atoms with Gasteiger partial charge < -0.3 is 0 Å². The third-order valence-electron chi connectivity index (χ3n) is 1.36. The minimum absolute atomic E-state index is 0.371. The fourth-order valence-corrected chi connectivity index (χ4v) is 1.81. The van der Waals surface area contributed by atoms with Crippen LogP contribution in [0.4, 0.5) is 4.39 Å². The van der Waals surface area contributed by atoms with E-state index in [0.29, 0.717) is 0 Å². The summed E-state index contributed by atoms with van der Waals surface area (Å²) >= 11 is 0. The highest BCUT2D eigenvalue weighted by Gasteiger charge is 2.16. The van der Waals surface area contributed by atoms with Crippen molar-refractivity contribution in [2.75, 3.05) is 7.05 Å². The van der Waals surface area contributed by atoms with E-state index in [1.54, 1.807) is 0 Å². The first-order chi connectivity index (χ1) is 6.08. The summed E-state index contributed by atoms with van der Waals surface area (Å²) in [5.74, 6) is -0.773. The van der Waals surface area contributed by atoms with E-state index in [2.05, 4.69) is 5.43 Å². The van der Waals surface area contributed by atoms with Gasteiger partial charge in [-0.05, 0) is 19.2 Å². The molecule has 4 nitrogen and oxygen atoms in total. The van der Waals surface area contributed by atoms with Crippen molar-refractivity contribution in [3.63, 3.8) is 0 Å². The summed E-state index contributed by atoms with van der Waals surface area (Å²) in [5, 5.41) is 0. The zero-order valence-electron chi connectivity index (χ0n) is 6.91. The summed E-state index contributed by atoms with van der Waals surface area (Å²) < 4.78 is 35.4. The Morgan fingerprint density at radius 1 is 1.31 bits per heavy atom. The van der Waals surface area contributed by atoms with Crippen molar-refractivity contribution in [3.8, 4) is 0 Å². The van der Waals surface area contributed by atoms with Gasteiger partial charge in [0.25, 0.3) is 10.0 Å². The predicted molar refractivity (Wildman–Crippen MR) is 45.8 cm³/mol. The quantitative estimate of drug-likeness (QED) is 0.693. The monoisotopic (exact) mass is 204 g/mol. The largest absolute Gasteiger partial charge is 0.256 e. The van der Waals surface area contributed by atoms with E-state index in [0.717, 1.165) is 6.07 Å². The molecule has 0 radical (unpaired) electrons. The number of hydrogen-bond acceptors (Lipinski definition) is 3. The maximum absolute atomic E-state index is 13.0. The third-order valence-corrected chi connectivity index (χ3v) is 2.75. The molecule has 0 spiro atoms. The molecular formula is C7H9FN2O2S. The predicted octanol–water partition coefficient (Wildman–Crippen LogP) is 0.238. The van der Waals surface area contributed by atoms with Gasteiger partial charge in [0.05, 0.1) is 0 Å². The number of sulfonamides is 1. The molecule has 0 fully saturated rings. The van der Waals surface area contributed by atoms with Crippen molar-refractivity contribution in [1.29, 1.82) is 0 Å². The van der Waals surface area contributed by atoms with Gasteiger partial charge >= 0.3 is 0 Å². The average molecular weight is 204 g/mol. The van der Waals surface area contributed by atoms with Crippen LogP contribution in [0.15, 0.2) is 29.2 Å². The van der Waals surface area contributed by atoms with Crippen LogP contribution in [-0.2, 0) is 10.0 Å². The number of rotatable bonds is 3. The summed E-state index contributed by atoms with van der Waals surface area (Å²) in [4.78, 5) is 1.59. The van der Waals surface area contributed by atoms with Crippen LogP contribution >= 0.6 is 0 Å². The van der Waals surface area contributed by atoms with Gasteiger partial charge in [0.15, 0.2) is 0 Å². The maximum Gasteiger partial charge on any atom is 0.256 e. The molecule has 0 aliphatic carbocycles. The molecule has 0 saturated heterocycles. The van der Waals surface area contributed by atoms with Gasteiger partial charge in [-0.15, -0.1) is 4.83 Å². The van der Waals surface area contributed by atoms with Crippen LogP contribution < -0.4 is 10.3 Å². The molecule has 0 unspecified atom stereocenters. The second-order valence-corrected chi connectivity index (χ2v) is 3.94. The summed E-state index contributed by atoms with van der Waals surface area (Å²) in [7, 11) is -2.39. The third kappa shape index (κ3) is 2.24. The molecule has 0 saturated carbocycles. The Labute approximate surface area is 75.8 Å². The molecule has 13 heavy (non-hydrogen) atoms. The van der Waals surface area contributed by atoms with Crippen LogP contribution in [-0.4, -0.2) is 15.5 Å². The van der Waals surface area contributed by atoms with Gasteiger partial charge in [-0.1, -0.05) is 12.1 Å². The first-order valence-electron chi connectivity index (χ1n) is 3.51. The van der Waals surface area contributed by atoms with Gasteiger partial charge in [0.1, 0.15) is 10.7 Å². The number of hydrazine groups is 1. The molecule has 6 heteroatoms. The van der Waals surface area contributed by atoms with Crippen molar-refractivity contribution < 1.29 is 12.8 Å². The number of hydrogen-bond donors (Lipinski definition) is 2. The highest BCUT2D eigenvalue weighted by Crippen LogP contribution is 2.11. The molecule has 0 atom stereocenters. The Morgan fingerprint density at radius 3 is 2.46 bits per heavy atom. The normalized spacial score (nSPS) is 11.5. The summed E-state index contributed by atoms with van der Waals surface area (Å²) in [5.41, 5.74) is 2.23. The van der Waals surface area contributed by atoms with Crippen molar-refractivity contribution in [2.45, 2.75) is 4.90 Å². The zero-order valence-corrected chi connectivity index (χ0v) is 7.73. The molecule has 1 aromatic rings. The Balaban J connectivity index is 3.15. The summed E-state index contributed by atoms with van der Waals surface area (Å²) in [6, 6.07) is 5.15. The Morgan fingerprint density at radius 2 is 1.92 bits per heavy atom. The molecule has 1 rings (SSSR count). The molecule has 1 aromatic carbocycles. The van der Waals surface area contributed by atoms with Crippen molar-refractivity contribution >= 4 is 10.0 Å².